The molecule has 10 heteroatoms. The van der Waals surface area contributed by atoms with Crippen molar-refractivity contribution in [3.63, 3.8) is 0 Å². The Bertz CT molecular complexity index is 1480. The Morgan fingerprint density at radius 3 is 1.29 bits per heavy atom. The largest absolute Gasteiger partial charge is 0.504 e. The van der Waals surface area contributed by atoms with Gasteiger partial charge in [0.2, 0.25) is 0 Å². The maximum Gasteiger partial charge on any atom is 0.411 e. The molecule has 0 amide bonds. The second-order valence-corrected chi connectivity index (χ2v) is 18.4. The maximum atomic E-state index is 14.7. The number of aromatic hydroxyl groups is 2. The number of hydrogen-bond donors (Lipinski definition) is 2. The summed E-state index contributed by atoms with van der Waals surface area (Å²) in [6.45, 7) is 12.9. The van der Waals surface area contributed by atoms with Gasteiger partial charge >= 0.3 is 15.2 Å². The lowest BCUT2D eigenvalue weighted by Crippen LogP contribution is -2.35. The summed E-state index contributed by atoms with van der Waals surface area (Å²) in [6, 6.07) is 19.6. The predicted octanol–water partition coefficient (Wildman–Crippen LogP) is 9.85. The molecule has 0 spiro atoms. The minimum Gasteiger partial charge on any atom is -0.504 e. The number of hydrogen-bond acceptors (Lipinski definition) is 8. The normalized spacial score (nSPS) is 27.2. The molecule has 0 bridgehead atoms. The third-order valence-electron chi connectivity index (χ3n) is 10.1. The summed E-state index contributed by atoms with van der Waals surface area (Å²) in [4.78, 5) is 0. The number of rotatable bonds is 12. The van der Waals surface area contributed by atoms with Crippen LogP contribution < -0.4 is 19.7 Å². The monoisotopic (exact) mass is 698 g/mol. The van der Waals surface area contributed by atoms with Gasteiger partial charge in [-0.3, -0.25) is 9.05 Å². The van der Waals surface area contributed by atoms with Crippen LogP contribution in [0.25, 0.3) is 0 Å². The zero-order valence-corrected chi connectivity index (χ0v) is 30.8. The second kappa shape index (κ2) is 15.4. The Balaban J connectivity index is 1.46. The molecule has 2 aliphatic carbocycles. The highest BCUT2D eigenvalue weighted by molar-refractivity contribution is 7.63. The average molecular weight is 699 g/mol. The lowest BCUT2D eigenvalue weighted by atomic mass is 9.75. The van der Waals surface area contributed by atoms with E-state index in [0.29, 0.717) is 34.3 Å². The molecule has 0 heterocycles. The topological polar surface area (TPSA) is 112 Å². The summed E-state index contributed by atoms with van der Waals surface area (Å²) in [7, 11) is -8.11. The van der Waals surface area contributed by atoms with Crippen LogP contribution >= 0.6 is 15.2 Å². The molecule has 0 aromatic heterocycles. The standard InChI is InChI=1S/C38H52O8P2/c1-25(2)31-19-17-27(5)21-35(31)43-47(41,29-13-9-7-10-14-29)45-37-23-34(40)38(24-33(37)39)46-48(42,30-15-11-8-12-16-30)44-36-22-28(6)18-20-32(36)26(3)4/h7-16,23-28,31-32,35-36,39-40H,17-22H2,1-6H3/t27-,28-,31+,32+,35-,36-,47?,48?/m1/s1. The van der Waals surface area contributed by atoms with E-state index < -0.39 is 26.7 Å². The van der Waals surface area contributed by atoms with Crippen LogP contribution in [0.1, 0.15) is 80.1 Å². The molecule has 3 aromatic rings. The first-order chi connectivity index (χ1) is 22.8. The molecule has 262 valence electrons. The van der Waals surface area contributed by atoms with Crippen LogP contribution in [0.15, 0.2) is 72.8 Å². The van der Waals surface area contributed by atoms with Crippen molar-refractivity contribution in [2.24, 2.45) is 35.5 Å². The highest BCUT2D eigenvalue weighted by Gasteiger charge is 2.42. The van der Waals surface area contributed by atoms with Gasteiger partial charge in [0, 0.05) is 12.1 Å². The summed E-state index contributed by atoms with van der Waals surface area (Å²) in [5.74, 6) is 0.421. The van der Waals surface area contributed by atoms with Crippen molar-refractivity contribution in [1.29, 1.82) is 0 Å². The first kappa shape index (κ1) is 36.5. The van der Waals surface area contributed by atoms with E-state index in [9.17, 15) is 19.3 Å². The molecule has 2 N–H and O–H groups in total. The van der Waals surface area contributed by atoms with Crippen molar-refractivity contribution in [2.45, 2.75) is 92.3 Å². The lowest BCUT2D eigenvalue weighted by molar-refractivity contribution is 0.0406. The number of benzene rings is 3. The summed E-state index contributed by atoms with van der Waals surface area (Å²) in [5.41, 5.74) is 0. The zero-order chi connectivity index (χ0) is 34.6. The van der Waals surface area contributed by atoms with E-state index in [1.165, 1.54) is 0 Å². The summed E-state index contributed by atoms with van der Waals surface area (Å²) >= 11 is 0. The van der Waals surface area contributed by atoms with Gasteiger partial charge < -0.3 is 19.3 Å². The minimum absolute atomic E-state index is 0.189. The van der Waals surface area contributed by atoms with E-state index in [1.54, 1.807) is 48.5 Å². The second-order valence-electron chi connectivity index (χ2n) is 14.6. The Morgan fingerprint density at radius 1 is 0.604 bits per heavy atom. The molecule has 5 rings (SSSR count). The van der Waals surface area contributed by atoms with Crippen LogP contribution in [0.3, 0.4) is 0 Å². The van der Waals surface area contributed by atoms with Crippen LogP contribution in [0.5, 0.6) is 23.0 Å². The van der Waals surface area contributed by atoms with Gasteiger partial charge in [-0.25, -0.2) is 9.13 Å². The van der Waals surface area contributed by atoms with Gasteiger partial charge in [-0.1, -0.05) is 90.8 Å². The van der Waals surface area contributed by atoms with Gasteiger partial charge in [-0.05, 0) is 85.5 Å². The smallest absolute Gasteiger partial charge is 0.411 e. The molecular formula is C38H52O8P2. The van der Waals surface area contributed by atoms with Gasteiger partial charge in [0.15, 0.2) is 23.0 Å². The fourth-order valence-corrected chi connectivity index (χ4v) is 10.9. The Morgan fingerprint density at radius 2 is 0.958 bits per heavy atom. The first-order valence-corrected chi connectivity index (χ1v) is 20.5. The molecule has 2 aliphatic rings. The SMILES string of the molecule is CC(C)[C@@H]1CC[C@@H](C)C[C@H]1OP(=O)(Oc1cc(O)c(OP(=O)(O[C@@H]2C[C@H](C)CC[C@H]2C(C)C)c2ccccc2)cc1O)c1ccccc1. The van der Waals surface area contributed by atoms with Crippen molar-refractivity contribution in [3.8, 4) is 23.0 Å². The van der Waals surface area contributed by atoms with Crippen molar-refractivity contribution < 1.29 is 37.4 Å². The van der Waals surface area contributed by atoms with Crippen molar-refractivity contribution in [3.05, 3.63) is 72.8 Å². The molecule has 2 saturated carbocycles. The van der Waals surface area contributed by atoms with Crippen LogP contribution in [-0.4, -0.2) is 22.4 Å². The van der Waals surface area contributed by atoms with E-state index in [4.69, 9.17) is 18.1 Å². The van der Waals surface area contributed by atoms with Gasteiger partial charge in [-0.15, -0.1) is 0 Å². The molecule has 48 heavy (non-hydrogen) atoms. The van der Waals surface area contributed by atoms with E-state index in [0.717, 1.165) is 50.7 Å². The molecule has 8 atom stereocenters. The Kier molecular flexibility index (Phi) is 11.7. The minimum atomic E-state index is -4.05. The number of phenols is 2. The van der Waals surface area contributed by atoms with E-state index in [-0.39, 0.29) is 35.5 Å². The van der Waals surface area contributed by atoms with Crippen LogP contribution in [0, 0.1) is 35.5 Å². The van der Waals surface area contributed by atoms with Gasteiger partial charge in [0.25, 0.3) is 0 Å². The van der Waals surface area contributed by atoms with Gasteiger partial charge in [0.05, 0.1) is 22.8 Å². The highest BCUT2D eigenvalue weighted by Crippen LogP contribution is 2.57. The lowest BCUT2D eigenvalue weighted by Gasteiger charge is -2.38. The predicted molar refractivity (Wildman–Crippen MR) is 191 cm³/mol. The van der Waals surface area contributed by atoms with E-state index >= 15 is 0 Å². The van der Waals surface area contributed by atoms with Crippen LogP contribution in [0.2, 0.25) is 0 Å². The Hall–Kier alpha value is -2.76. The van der Waals surface area contributed by atoms with E-state index in [1.807, 2.05) is 12.1 Å². The van der Waals surface area contributed by atoms with Crippen LogP contribution in [0.4, 0.5) is 0 Å². The van der Waals surface area contributed by atoms with Crippen LogP contribution in [-0.2, 0) is 18.2 Å². The molecule has 8 nitrogen and oxygen atoms in total. The molecule has 0 saturated heterocycles. The summed E-state index contributed by atoms with van der Waals surface area (Å²) in [5, 5.41) is 23.1. The summed E-state index contributed by atoms with van der Waals surface area (Å²) < 4.78 is 54.4. The van der Waals surface area contributed by atoms with Gasteiger partial charge in [0.1, 0.15) is 0 Å². The van der Waals surface area contributed by atoms with E-state index in [2.05, 4.69) is 41.5 Å². The van der Waals surface area contributed by atoms with Crippen molar-refractivity contribution in [2.75, 3.05) is 0 Å². The fourth-order valence-electron chi connectivity index (χ4n) is 7.26. The zero-order valence-electron chi connectivity index (χ0n) is 29.0. The molecule has 0 radical (unpaired) electrons. The fraction of sp³-hybridized carbons (Fsp3) is 0.526. The van der Waals surface area contributed by atoms with Crippen molar-refractivity contribution >= 4 is 25.8 Å². The molecule has 2 unspecified atom stereocenters. The van der Waals surface area contributed by atoms with Gasteiger partial charge in [-0.2, -0.15) is 0 Å². The summed E-state index contributed by atoms with van der Waals surface area (Å²) in [6.07, 6.45) is 4.90. The first-order valence-electron chi connectivity index (χ1n) is 17.4. The molecular weight excluding hydrogens is 646 g/mol. The third-order valence-corrected chi connectivity index (χ3v) is 13.9. The third kappa shape index (κ3) is 8.51. The number of phenolic OH excluding ortho intramolecular Hbond substituents is 2. The quantitative estimate of drug-likeness (QED) is 0.142. The molecule has 2 fully saturated rings. The molecule has 0 aliphatic heterocycles. The maximum absolute atomic E-state index is 14.7. The molecule has 3 aromatic carbocycles. The Labute approximate surface area is 286 Å². The average Bonchev–Trinajstić information content (AvgIpc) is 3.04. The highest BCUT2D eigenvalue weighted by atomic mass is 31.2. The van der Waals surface area contributed by atoms with Crippen molar-refractivity contribution in [1.82, 2.24) is 0 Å².